The van der Waals surface area contributed by atoms with Gasteiger partial charge in [-0.15, -0.1) is 11.8 Å². The molecule has 4 rings (SSSR count). The molecule has 0 saturated heterocycles. The zero-order valence-electron chi connectivity index (χ0n) is 15.5. The van der Waals surface area contributed by atoms with E-state index in [4.69, 9.17) is 0 Å². The van der Waals surface area contributed by atoms with Gasteiger partial charge >= 0.3 is 0 Å². The number of aromatic nitrogens is 1. The Labute approximate surface area is 170 Å². The molecule has 0 unspecified atom stereocenters. The molecule has 28 heavy (non-hydrogen) atoms. The van der Waals surface area contributed by atoms with Gasteiger partial charge in [-0.25, -0.2) is 0 Å². The van der Waals surface area contributed by atoms with E-state index in [1.54, 1.807) is 6.20 Å². The van der Waals surface area contributed by atoms with Crippen molar-refractivity contribution in [3.63, 3.8) is 0 Å². The summed E-state index contributed by atoms with van der Waals surface area (Å²) in [5.74, 6) is 0. The van der Waals surface area contributed by atoms with Gasteiger partial charge in [0.05, 0.1) is 4.75 Å². The van der Waals surface area contributed by atoms with Crippen molar-refractivity contribution in [3.8, 4) is 0 Å². The number of pyridine rings is 1. The van der Waals surface area contributed by atoms with Crippen molar-refractivity contribution in [2.75, 3.05) is 0 Å². The standard InChI is InChI=1S/C26H21NS/c1-4-12-23(13-5-1)26(24-14-6-2-7-15-24,25-16-8-3-9-17-25)28-20-18-22-11-10-19-27-21-22/h1-21H. The molecule has 2 heteroatoms. The lowest BCUT2D eigenvalue weighted by Crippen LogP contribution is -2.24. The van der Waals surface area contributed by atoms with Gasteiger partial charge in [0.15, 0.2) is 0 Å². The minimum absolute atomic E-state index is 0.331. The summed E-state index contributed by atoms with van der Waals surface area (Å²) in [5, 5.41) is 2.18. The van der Waals surface area contributed by atoms with Crippen molar-refractivity contribution in [2.45, 2.75) is 4.75 Å². The van der Waals surface area contributed by atoms with E-state index in [0.717, 1.165) is 5.56 Å². The molecule has 0 aliphatic carbocycles. The lowest BCUT2D eigenvalue weighted by Gasteiger charge is -2.34. The Morgan fingerprint density at radius 2 is 1.11 bits per heavy atom. The normalized spacial score (nSPS) is 11.6. The highest BCUT2D eigenvalue weighted by atomic mass is 32.2. The highest BCUT2D eigenvalue weighted by Crippen LogP contribution is 2.49. The smallest absolute Gasteiger partial charge is 0.0948 e. The van der Waals surface area contributed by atoms with Crippen LogP contribution in [0, 0.1) is 0 Å². The van der Waals surface area contributed by atoms with Crippen molar-refractivity contribution in [1.29, 1.82) is 0 Å². The average Bonchev–Trinajstić information content (AvgIpc) is 2.79. The Balaban J connectivity index is 1.87. The molecule has 0 fully saturated rings. The van der Waals surface area contributed by atoms with Gasteiger partial charge in [-0.2, -0.15) is 0 Å². The summed E-state index contributed by atoms with van der Waals surface area (Å²) in [6.07, 6.45) is 5.81. The summed E-state index contributed by atoms with van der Waals surface area (Å²) in [4.78, 5) is 4.21. The summed E-state index contributed by atoms with van der Waals surface area (Å²) < 4.78 is -0.331. The van der Waals surface area contributed by atoms with E-state index >= 15 is 0 Å². The van der Waals surface area contributed by atoms with E-state index < -0.39 is 0 Å². The van der Waals surface area contributed by atoms with Crippen LogP contribution in [0.1, 0.15) is 22.3 Å². The fourth-order valence-corrected chi connectivity index (χ4v) is 4.66. The summed E-state index contributed by atoms with van der Waals surface area (Å²) in [7, 11) is 0. The first-order chi connectivity index (χ1) is 13.9. The molecule has 1 aromatic heterocycles. The van der Waals surface area contributed by atoms with Gasteiger partial charge in [-0.1, -0.05) is 97.1 Å². The first-order valence-electron chi connectivity index (χ1n) is 9.30. The lowest BCUT2D eigenvalue weighted by molar-refractivity contribution is 0.900. The number of rotatable bonds is 6. The van der Waals surface area contributed by atoms with Crippen LogP contribution in [0.5, 0.6) is 0 Å². The van der Waals surface area contributed by atoms with Crippen molar-refractivity contribution in [3.05, 3.63) is 143 Å². The van der Waals surface area contributed by atoms with Gasteiger partial charge < -0.3 is 0 Å². The number of nitrogens with zero attached hydrogens (tertiary/aromatic N) is 1. The van der Waals surface area contributed by atoms with Gasteiger partial charge in [0.2, 0.25) is 0 Å². The Bertz CT molecular complexity index is 916. The summed E-state index contributed by atoms with van der Waals surface area (Å²) in [6, 6.07) is 36.2. The number of hydrogen-bond acceptors (Lipinski definition) is 2. The topological polar surface area (TPSA) is 12.9 Å². The third-order valence-corrected chi connectivity index (χ3v) is 6.06. The zero-order chi connectivity index (χ0) is 19.1. The molecule has 1 nitrogen and oxygen atoms in total. The maximum atomic E-state index is 4.21. The van der Waals surface area contributed by atoms with Crippen LogP contribution in [-0.4, -0.2) is 4.98 Å². The second-order valence-electron chi connectivity index (χ2n) is 6.49. The monoisotopic (exact) mass is 379 g/mol. The van der Waals surface area contributed by atoms with Crippen LogP contribution >= 0.6 is 11.8 Å². The molecule has 0 N–H and O–H groups in total. The molecule has 136 valence electrons. The van der Waals surface area contributed by atoms with E-state index in [0.29, 0.717) is 0 Å². The molecule has 0 aliphatic rings. The molecule has 1 heterocycles. The first-order valence-corrected chi connectivity index (χ1v) is 10.2. The van der Waals surface area contributed by atoms with Crippen LogP contribution in [0.2, 0.25) is 0 Å². The molecule has 0 atom stereocenters. The Kier molecular flexibility index (Phi) is 5.69. The van der Waals surface area contributed by atoms with Crippen LogP contribution in [-0.2, 0) is 4.75 Å². The molecule has 0 bridgehead atoms. The second-order valence-corrected chi connectivity index (χ2v) is 7.61. The van der Waals surface area contributed by atoms with Gasteiger partial charge in [0.1, 0.15) is 0 Å². The molecule has 0 radical (unpaired) electrons. The predicted molar refractivity (Wildman–Crippen MR) is 120 cm³/mol. The maximum Gasteiger partial charge on any atom is 0.0948 e. The zero-order valence-corrected chi connectivity index (χ0v) is 16.3. The van der Waals surface area contributed by atoms with Crippen molar-refractivity contribution >= 4 is 17.8 Å². The van der Waals surface area contributed by atoms with Crippen molar-refractivity contribution < 1.29 is 0 Å². The summed E-state index contributed by atoms with van der Waals surface area (Å²) in [5.41, 5.74) is 4.87. The lowest BCUT2D eigenvalue weighted by atomic mass is 9.84. The van der Waals surface area contributed by atoms with E-state index in [1.165, 1.54) is 16.7 Å². The third kappa shape index (κ3) is 3.78. The summed E-state index contributed by atoms with van der Waals surface area (Å²) >= 11 is 1.81. The number of hydrogen-bond donors (Lipinski definition) is 0. The van der Waals surface area contributed by atoms with Crippen LogP contribution < -0.4 is 0 Å². The van der Waals surface area contributed by atoms with Crippen molar-refractivity contribution in [1.82, 2.24) is 4.98 Å². The number of benzene rings is 3. The molecule has 0 aliphatic heterocycles. The van der Waals surface area contributed by atoms with Crippen LogP contribution in [0.15, 0.2) is 121 Å². The van der Waals surface area contributed by atoms with E-state index in [9.17, 15) is 0 Å². The highest BCUT2D eigenvalue weighted by Gasteiger charge is 2.36. The minimum Gasteiger partial charge on any atom is -0.264 e. The van der Waals surface area contributed by atoms with E-state index in [2.05, 4.69) is 114 Å². The van der Waals surface area contributed by atoms with E-state index in [-0.39, 0.29) is 4.75 Å². The van der Waals surface area contributed by atoms with Crippen molar-refractivity contribution in [2.24, 2.45) is 0 Å². The third-order valence-electron chi connectivity index (χ3n) is 4.73. The number of thioether (sulfide) groups is 1. The molecular formula is C26H21NS. The minimum atomic E-state index is -0.331. The highest BCUT2D eigenvalue weighted by molar-refractivity contribution is 8.03. The Morgan fingerprint density at radius 3 is 1.54 bits per heavy atom. The SMILES string of the molecule is C(=Cc1cccnc1)SC(c1ccccc1)(c1ccccc1)c1ccccc1. The molecule has 0 spiro atoms. The maximum absolute atomic E-state index is 4.21. The Morgan fingerprint density at radius 1 is 0.607 bits per heavy atom. The molecule has 4 aromatic rings. The predicted octanol–water partition coefficient (Wildman–Crippen LogP) is 6.78. The fraction of sp³-hybridized carbons (Fsp3) is 0.0385. The molecule has 0 amide bonds. The Hall–Kier alpha value is -3.10. The van der Waals surface area contributed by atoms with Crippen LogP contribution in [0.25, 0.3) is 6.08 Å². The molecule has 3 aromatic carbocycles. The molecular weight excluding hydrogens is 358 g/mol. The summed E-state index contributed by atoms with van der Waals surface area (Å²) in [6.45, 7) is 0. The van der Waals surface area contributed by atoms with Gasteiger partial charge in [0, 0.05) is 12.4 Å². The first kappa shape index (κ1) is 18.3. The second kappa shape index (κ2) is 8.73. The van der Waals surface area contributed by atoms with Crippen LogP contribution in [0.4, 0.5) is 0 Å². The average molecular weight is 380 g/mol. The van der Waals surface area contributed by atoms with Gasteiger partial charge in [0.25, 0.3) is 0 Å². The molecule has 0 saturated carbocycles. The fourth-order valence-electron chi connectivity index (χ4n) is 3.41. The van der Waals surface area contributed by atoms with Gasteiger partial charge in [-0.05, 0) is 39.8 Å². The largest absolute Gasteiger partial charge is 0.264 e. The van der Waals surface area contributed by atoms with Crippen LogP contribution in [0.3, 0.4) is 0 Å². The van der Waals surface area contributed by atoms with Gasteiger partial charge in [-0.3, -0.25) is 4.98 Å². The quantitative estimate of drug-likeness (QED) is 0.343. The van der Waals surface area contributed by atoms with E-state index in [1.807, 2.05) is 24.0 Å².